The van der Waals surface area contributed by atoms with E-state index < -0.39 is 15.7 Å². The zero-order valence-corrected chi connectivity index (χ0v) is 17.3. The van der Waals surface area contributed by atoms with Crippen LogP contribution in [0.15, 0.2) is 77.7 Å². The number of benzene rings is 3. The summed E-state index contributed by atoms with van der Waals surface area (Å²) in [5, 5.41) is 2.79. The van der Waals surface area contributed by atoms with Crippen molar-refractivity contribution in [1.82, 2.24) is 9.97 Å². The molecule has 4 aromatic rings. The van der Waals surface area contributed by atoms with Crippen molar-refractivity contribution in [2.45, 2.75) is 17.7 Å². The maximum Gasteiger partial charge on any atom is 0.224 e. The highest BCUT2D eigenvalue weighted by atomic mass is 32.2. The molecule has 6 nitrogen and oxygen atoms in total. The number of nitrogens with zero attached hydrogens (tertiary/aromatic N) is 1. The molecule has 0 aliphatic carbocycles. The minimum Gasteiger partial charge on any atom is -0.338 e. The number of carbonyl (C=O) groups is 1. The van der Waals surface area contributed by atoms with Gasteiger partial charge in [0.2, 0.25) is 5.91 Å². The highest BCUT2D eigenvalue weighted by Crippen LogP contribution is 2.23. The van der Waals surface area contributed by atoms with E-state index in [9.17, 15) is 17.6 Å². The summed E-state index contributed by atoms with van der Waals surface area (Å²) in [5.41, 5.74) is 3.21. The quantitative estimate of drug-likeness (QED) is 0.415. The van der Waals surface area contributed by atoms with Crippen LogP contribution in [0.2, 0.25) is 0 Å². The summed E-state index contributed by atoms with van der Waals surface area (Å²) < 4.78 is 37.6. The molecule has 8 heteroatoms. The summed E-state index contributed by atoms with van der Waals surface area (Å²) in [6.07, 6.45) is 0.212. The van der Waals surface area contributed by atoms with Crippen LogP contribution in [0.3, 0.4) is 0 Å². The van der Waals surface area contributed by atoms with Crippen molar-refractivity contribution in [2.24, 2.45) is 0 Å². The normalized spacial score (nSPS) is 11.5. The van der Waals surface area contributed by atoms with Gasteiger partial charge in [-0.15, -0.1) is 0 Å². The van der Waals surface area contributed by atoms with Gasteiger partial charge in [0.1, 0.15) is 11.6 Å². The number of rotatable bonds is 7. The molecular weight excluding hydrogens is 417 g/mol. The van der Waals surface area contributed by atoms with Gasteiger partial charge in [-0.2, -0.15) is 0 Å². The van der Waals surface area contributed by atoms with Gasteiger partial charge in [-0.05, 0) is 55.0 Å². The Morgan fingerprint density at radius 1 is 1.00 bits per heavy atom. The van der Waals surface area contributed by atoms with E-state index in [1.807, 2.05) is 42.5 Å². The number of sulfone groups is 1. The Kier molecular flexibility index (Phi) is 5.81. The predicted molar refractivity (Wildman–Crippen MR) is 118 cm³/mol. The van der Waals surface area contributed by atoms with Crippen LogP contribution in [0.1, 0.15) is 12.8 Å². The summed E-state index contributed by atoms with van der Waals surface area (Å²) in [4.78, 5) is 20.1. The monoisotopic (exact) mass is 437 g/mol. The number of imidazole rings is 1. The van der Waals surface area contributed by atoms with Crippen LogP contribution < -0.4 is 5.32 Å². The van der Waals surface area contributed by atoms with E-state index in [1.54, 1.807) is 6.07 Å². The van der Waals surface area contributed by atoms with E-state index in [-0.39, 0.29) is 29.4 Å². The third-order valence-electron chi connectivity index (χ3n) is 4.80. The molecular formula is C23H20FN3O3S. The molecule has 1 heterocycles. The van der Waals surface area contributed by atoms with Gasteiger partial charge < -0.3 is 10.3 Å². The van der Waals surface area contributed by atoms with Gasteiger partial charge in [0.05, 0.1) is 21.7 Å². The zero-order valence-electron chi connectivity index (χ0n) is 16.5. The van der Waals surface area contributed by atoms with Crippen LogP contribution in [-0.2, 0) is 14.6 Å². The fourth-order valence-corrected chi connectivity index (χ4v) is 4.55. The van der Waals surface area contributed by atoms with Gasteiger partial charge >= 0.3 is 0 Å². The Balaban J connectivity index is 1.36. The first-order chi connectivity index (χ1) is 14.9. The molecule has 0 aliphatic heterocycles. The second-order valence-electron chi connectivity index (χ2n) is 7.11. The molecule has 0 saturated carbocycles. The number of amides is 1. The third kappa shape index (κ3) is 4.97. The Morgan fingerprint density at radius 3 is 2.55 bits per heavy atom. The maximum atomic E-state index is 13.0. The Bertz CT molecular complexity index is 1300. The lowest BCUT2D eigenvalue weighted by Gasteiger charge is -2.07. The minimum atomic E-state index is -3.56. The Hall–Kier alpha value is -3.52. The summed E-state index contributed by atoms with van der Waals surface area (Å²) in [5.74, 6) is -0.271. The standard InChI is InChI=1S/C23H20FN3O3S/c24-17-10-12-19(13-11-17)31(29,30)14-4-9-22(28)25-18-6-3-5-16(15-18)23-26-20-7-1-2-8-21(20)27-23/h1-3,5-8,10-13,15H,4,9,14H2,(H,25,28)(H,26,27). The SMILES string of the molecule is O=C(CCCS(=O)(=O)c1ccc(F)cc1)Nc1cccc(-c2nc3ccccc3[nH]2)c1. The molecule has 1 aromatic heterocycles. The summed E-state index contributed by atoms with van der Waals surface area (Å²) in [6.45, 7) is 0. The molecule has 0 fully saturated rings. The number of aromatic nitrogens is 2. The van der Waals surface area contributed by atoms with Crippen LogP contribution in [0.4, 0.5) is 10.1 Å². The van der Waals surface area contributed by atoms with Crippen LogP contribution in [0.25, 0.3) is 22.4 Å². The van der Waals surface area contributed by atoms with E-state index >= 15 is 0 Å². The van der Waals surface area contributed by atoms with Crippen molar-refractivity contribution in [3.05, 3.63) is 78.6 Å². The number of hydrogen-bond acceptors (Lipinski definition) is 4. The van der Waals surface area contributed by atoms with Crippen LogP contribution in [0, 0.1) is 5.82 Å². The van der Waals surface area contributed by atoms with Gasteiger partial charge in [0, 0.05) is 17.7 Å². The molecule has 0 aliphatic rings. The first-order valence-electron chi connectivity index (χ1n) is 9.74. The number of hydrogen-bond donors (Lipinski definition) is 2. The third-order valence-corrected chi connectivity index (χ3v) is 6.62. The Labute approximate surface area is 179 Å². The molecule has 0 spiro atoms. The van der Waals surface area contributed by atoms with Crippen LogP contribution >= 0.6 is 0 Å². The lowest BCUT2D eigenvalue weighted by molar-refractivity contribution is -0.116. The van der Waals surface area contributed by atoms with Crippen molar-refractivity contribution < 1.29 is 17.6 Å². The number of carbonyl (C=O) groups excluding carboxylic acids is 1. The number of para-hydroxylation sites is 2. The molecule has 0 bridgehead atoms. The fourth-order valence-electron chi connectivity index (χ4n) is 3.24. The lowest BCUT2D eigenvalue weighted by Crippen LogP contribution is -2.14. The number of aromatic amines is 1. The van der Waals surface area contributed by atoms with Crippen molar-refractivity contribution in [1.29, 1.82) is 0 Å². The molecule has 158 valence electrons. The van der Waals surface area contributed by atoms with Crippen LogP contribution in [0.5, 0.6) is 0 Å². The van der Waals surface area contributed by atoms with E-state index in [2.05, 4.69) is 15.3 Å². The van der Waals surface area contributed by atoms with Crippen molar-refractivity contribution in [3.8, 4) is 11.4 Å². The topological polar surface area (TPSA) is 91.9 Å². The van der Waals surface area contributed by atoms with Gasteiger partial charge in [-0.25, -0.2) is 17.8 Å². The fraction of sp³-hybridized carbons (Fsp3) is 0.130. The van der Waals surface area contributed by atoms with Gasteiger partial charge in [0.15, 0.2) is 9.84 Å². The first kappa shape index (κ1) is 20.7. The van der Waals surface area contributed by atoms with Crippen molar-refractivity contribution in [3.63, 3.8) is 0 Å². The second-order valence-corrected chi connectivity index (χ2v) is 9.22. The molecule has 1 amide bonds. The number of H-pyrrole nitrogens is 1. The molecule has 0 saturated heterocycles. The number of fused-ring (bicyclic) bond motifs is 1. The molecule has 31 heavy (non-hydrogen) atoms. The van der Waals surface area contributed by atoms with E-state index in [4.69, 9.17) is 0 Å². The predicted octanol–water partition coefficient (Wildman–Crippen LogP) is 4.56. The number of nitrogens with one attached hydrogen (secondary N) is 2. The smallest absolute Gasteiger partial charge is 0.224 e. The molecule has 3 aromatic carbocycles. The number of halogens is 1. The summed E-state index contributed by atoms with van der Waals surface area (Å²) in [7, 11) is -3.56. The summed E-state index contributed by atoms with van der Waals surface area (Å²) >= 11 is 0. The molecule has 0 unspecified atom stereocenters. The highest BCUT2D eigenvalue weighted by molar-refractivity contribution is 7.91. The molecule has 0 atom stereocenters. The van der Waals surface area contributed by atoms with Crippen molar-refractivity contribution >= 4 is 32.5 Å². The second kappa shape index (κ2) is 8.69. The van der Waals surface area contributed by atoms with E-state index in [1.165, 1.54) is 12.1 Å². The van der Waals surface area contributed by atoms with E-state index in [0.717, 1.165) is 28.7 Å². The molecule has 0 radical (unpaired) electrons. The molecule has 2 N–H and O–H groups in total. The largest absolute Gasteiger partial charge is 0.338 e. The minimum absolute atomic E-state index is 0.0489. The van der Waals surface area contributed by atoms with Crippen molar-refractivity contribution in [2.75, 3.05) is 11.1 Å². The maximum absolute atomic E-state index is 13.0. The summed E-state index contributed by atoms with van der Waals surface area (Å²) in [6, 6.07) is 19.7. The highest BCUT2D eigenvalue weighted by Gasteiger charge is 2.15. The van der Waals surface area contributed by atoms with Gasteiger partial charge in [0.25, 0.3) is 0 Å². The van der Waals surface area contributed by atoms with E-state index in [0.29, 0.717) is 11.5 Å². The zero-order chi connectivity index (χ0) is 21.8. The average Bonchev–Trinajstić information content (AvgIpc) is 3.18. The molecule has 4 rings (SSSR count). The Morgan fingerprint density at radius 2 is 1.77 bits per heavy atom. The number of anilines is 1. The first-order valence-corrected chi connectivity index (χ1v) is 11.4. The average molecular weight is 437 g/mol. The van der Waals surface area contributed by atoms with Gasteiger partial charge in [-0.1, -0.05) is 24.3 Å². The van der Waals surface area contributed by atoms with Crippen LogP contribution in [-0.4, -0.2) is 30.0 Å². The van der Waals surface area contributed by atoms with Gasteiger partial charge in [-0.3, -0.25) is 4.79 Å². The lowest BCUT2D eigenvalue weighted by atomic mass is 10.2.